The summed E-state index contributed by atoms with van der Waals surface area (Å²) < 4.78 is 26.1. The molecular weight excluding hydrogens is 615 g/mol. The third-order valence-corrected chi connectivity index (χ3v) is 8.52. The number of nitrogens with one attached hydrogen (secondary N) is 2. The van der Waals surface area contributed by atoms with Gasteiger partial charge in [0.15, 0.2) is 0 Å². The molecule has 2 atom stereocenters. The molecular formula is C36H31FN6O5. The number of nitrogens with zero attached hydrogens (tertiary/aromatic N) is 4. The van der Waals surface area contributed by atoms with E-state index < -0.39 is 24.1 Å². The lowest BCUT2D eigenvalue weighted by molar-refractivity contribution is -0.137. The van der Waals surface area contributed by atoms with Crippen LogP contribution in [0, 0.1) is 5.82 Å². The highest BCUT2D eigenvalue weighted by Gasteiger charge is 2.40. The third kappa shape index (κ3) is 6.59. The lowest BCUT2D eigenvalue weighted by Crippen LogP contribution is -2.45. The van der Waals surface area contributed by atoms with E-state index in [0.29, 0.717) is 17.2 Å². The van der Waals surface area contributed by atoms with Crippen LogP contribution in [0.4, 0.5) is 14.9 Å². The van der Waals surface area contributed by atoms with Gasteiger partial charge in [-0.3, -0.25) is 9.59 Å². The number of amides is 3. The highest BCUT2D eigenvalue weighted by atomic mass is 19.1. The molecule has 2 aliphatic rings. The molecule has 11 nitrogen and oxygen atoms in total. The van der Waals surface area contributed by atoms with Crippen molar-refractivity contribution >= 4 is 23.6 Å². The average Bonchev–Trinajstić information content (AvgIpc) is 3.84. The zero-order valence-corrected chi connectivity index (χ0v) is 25.7. The number of fused-ring (bicyclic) bond motifs is 3. The minimum absolute atomic E-state index is 0.0986. The van der Waals surface area contributed by atoms with Gasteiger partial charge < -0.3 is 25.0 Å². The first-order valence-corrected chi connectivity index (χ1v) is 15.5. The number of rotatable bonds is 9. The number of carbonyl (C=O) groups is 3. The summed E-state index contributed by atoms with van der Waals surface area (Å²) in [6.45, 7) is 0.142. The molecule has 242 valence electrons. The van der Waals surface area contributed by atoms with Crippen LogP contribution < -0.4 is 15.4 Å². The Kier molecular flexibility index (Phi) is 8.52. The van der Waals surface area contributed by atoms with Crippen LogP contribution in [0.3, 0.4) is 0 Å². The van der Waals surface area contributed by atoms with Crippen LogP contribution in [0.25, 0.3) is 11.1 Å². The van der Waals surface area contributed by atoms with Crippen LogP contribution in [-0.2, 0) is 20.9 Å². The molecule has 0 saturated carbocycles. The molecule has 12 heteroatoms. The first-order chi connectivity index (χ1) is 23.4. The Morgan fingerprint density at radius 3 is 2.15 bits per heavy atom. The number of hydrogen-bond acceptors (Lipinski definition) is 7. The molecule has 1 fully saturated rings. The first kappa shape index (κ1) is 30.6. The first-order valence-electron chi connectivity index (χ1n) is 15.5. The largest absolute Gasteiger partial charge is 0.457 e. The van der Waals surface area contributed by atoms with E-state index in [9.17, 15) is 18.8 Å². The van der Waals surface area contributed by atoms with Crippen molar-refractivity contribution in [2.45, 2.75) is 31.0 Å². The highest BCUT2D eigenvalue weighted by molar-refractivity contribution is 5.97. The van der Waals surface area contributed by atoms with Gasteiger partial charge in [0.25, 0.3) is 0 Å². The van der Waals surface area contributed by atoms with Gasteiger partial charge >= 0.3 is 6.09 Å². The quantitative estimate of drug-likeness (QED) is 0.221. The van der Waals surface area contributed by atoms with Gasteiger partial charge in [-0.05, 0) is 77.2 Å². The number of likely N-dealkylation sites (tertiary alicyclic amines) is 1. The van der Waals surface area contributed by atoms with E-state index in [0.717, 1.165) is 22.3 Å². The van der Waals surface area contributed by atoms with E-state index in [-0.39, 0.29) is 43.8 Å². The van der Waals surface area contributed by atoms with E-state index in [2.05, 4.69) is 32.8 Å². The van der Waals surface area contributed by atoms with Gasteiger partial charge in [0.05, 0.1) is 6.04 Å². The maximum Gasteiger partial charge on any atom is 0.407 e. The normalized spacial score (nSPS) is 16.6. The monoisotopic (exact) mass is 646 g/mol. The number of aromatic nitrogens is 3. The maximum atomic E-state index is 13.6. The van der Waals surface area contributed by atoms with E-state index >= 15 is 0 Å². The average molecular weight is 647 g/mol. The summed E-state index contributed by atoms with van der Waals surface area (Å²) in [6.07, 6.45) is 2.31. The lowest BCUT2D eigenvalue weighted by atomic mass is 9.98. The fourth-order valence-electron chi connectivity index (χ4n) is 6.29. The number of anilines is 1. The lowest BCUT2D eigenvalue weighted by Gasteiger charge is -2.23. The number of benzene rings is 4. The number of halogens is 1. The molecule has 3 amide bonds. The van der Waals surface area contributed by atoms with Gasteiger partial charge in [-0.1, -0.05) is 48.5 Å². The van der Waals surface area contributed by atoms with Crippen LogP contribution in [0.15, 0.2) is 110 Å². The van der Waals surface area contributed by atoms with Crippen LogP contribution in [0.1, 0.15) is 23.5 Å². The van der Waals surface area contributed by atoms with Crippen molar-refractivity contribution < 1.29 is 28.2 Å². The van der Waals surface area contributed by atoms with Crippen molar-refractivity contribution in [2.24, 2.45) is 0 Å². The smallest absolute Gasteiger partial charge is 0.407 e. The molecule has 0 unspecified atom stereocenters. The van der Waals surface area contributed by atoms with Gasteiger partial charge in [0, 0.05) is 18.2 Å². The molecule has 1 aliphatic heterocycles. The van der Waals surface area contributed by atoms with E-state index in [1.165, 1.54) is 46.5 Å². The molecule has 1 saturated heterocycles. The molecule has 48 heavy (non-hydrogen) atoms. The molecule has 0 bridgehead atoms. The van der Waals surface area contributed by atoms with E-state index in [1.54, 1.807) is 24.3 Å². The molecule has 2 heterocycles. The summed E-state index contributed by atoms with van der Waals surface area (Å²) in [7, 11) is 0. The van der Waals surface area contributed by atoms with Crippen LogP contribution in [-0.4, -0.2) is 62.8 Å². The van der Waals surface area contributed by atoms with Crippen molar-refractivity contribution in [3.05, 3.63) is 127 Å². The fraction of sp³-hybridized carbons (Fsp3) is 0.194. The summed E-state index contributed by atoms with van der Waals surface area (Å²) in [5, 5.41) is 9.74. The van der Waals surface area contributed by atoms with Crippen molar-refractivity contribution in [1.82, 2.24) is 25.0 Å². The Labute approximate surface area is 275 Å². The van der Waals surface area contributed by atoms with Crippen LogP contribution in [0.2, 0.25) is 0 Å². The molecule has 7 rings (SSSR count). The SMILES string of the molecule is O=C(N[C@H]1C[C@@H](C(=O)Nc2ccc(Oc3ccc(F)cc3)cc2)N(C(=O)Cn2cncn2)C1)OCC1c2ccccc2-c2ccccc21. The standard InChI is InChI=1S/C36H31FN6O5/c37-23-9-13-26(14-10-23)48-27-15-11-24(12-16-27)40-35(45)33-17-25(18-43(33)34(44)19-42-22-38-21-39-42)41-36(46)47-20-32-30-7-3-1-5-28(30)29-6-2-4-8-31(29)32/h1-16,21-22,25,32-33H,17-20H2,(H,40,45)(H,41,46)/t25-,33-/m0/s1. The minimum atomic E-state index is -0.866. The van der Waals surface area contributed by atoms with E-state index in [4.69, 9.17) is 9.47 Å². The Balaban J connectivity index is 1.00. The van der Waals surface area contributed by atoms with Gasteiger partial charge in [0.2, 0.25) is 11.8 Å². The van der Waals surface area contributed by atoms with Crippen molar-refractivity contribution in [2.75, 3.05) is 18.5 Å². The topological polar surface area (TPSA) is 128 Å². The minimum Gasteiger partial charge on any atom is -0.457 e. The van der Waals surface area contributed by atoms with Gasteiger partial charge in [-0.15, -0.1) is 0 Å². The molecule has 1 aromatic heterocycles. The molecule has 0 radical (unpaired) electrons. The van der Waals surface area contributed by atoms with Crippen molar-refractivity contribution in [3.8, 4) is 22.6 Å². The summed E-state index contributed by atoms with van der Waals surface area (Å²) in [6, 6.07) is 27.1. The molecule has 2 N–H and O–H groups in total. The van der Waals surface area contributed by atoms with Crippen molar-refractivity contribution in [3.63, 3.8) is 0 Å². The molecule has 1 aliphatic carbocycles. The van der Waals surface area contributed by atoms with Gasteiger partial charge in [0.1, 0.15) is 49.2 Å². The summed E-state index contributed by atoms with van der Waals surface area (Å²) in [5.41, 5.74) is 4.95. The Bertz CT molecular complexity index is 1890. The van der Waals surface area contributed by atoms with Crippen molar-refractivity contribution in [1.29, 1.82) is 0 Å². The van der Waals surface area contributed by atoms with Gasteiger partial charge in [-0.2, -0.15) is 5.10 Å². The Morgan fingerprint density at radius 2 is 1.50 bits per heavy atom. The molecule has 0 spiro atoms. The molecule has 5 aromatic rings. The van der Waals surface area contributed by atoms with Crippen LogP contribution >= 0.6 is 0 Å². The number of hydrogen-bond donors (Lipinski definition) is 2. The van der Waals surface area contributed by atoms with E-state index in [1.807, 2.05) is 36.4 Å². The second kappa shape index (κ2) is 13.4. The predicted molar refractivity (Wildman–Crippen MR) is 174 cm³/mol. The zero-order chi connectivity index (χ0) is 33.0. The highest BCUT2D eigenvalue weighted by Crippen LogP contribution is 2.44. The summed E-state index contributed by atoms with van der Waals surface area (Å²) in [5.74, 6) is -0.255. The van der Waals surface area contributed by atoms with Crippen LogP contribution in [0.5, 0.6) is 11.5 Å². The molecule has 4 aromatic carbocycles. The number of alkyl carbamates (subject to hydrolysis) is 1. The number of ether oxygens (including phenoxy) is 2. The fourth-order valence-corrected chi connectivity index (χ4v) is 6.29. The predicted octanol–water partition coefficient (Wildman–Crippen LogP) is 5.36. The van der Waals surface area contributed by atoms with Gasteiger partial charge in [-0.25, -0.2) is 18.9 Å². The Morgan fingerprint density at radius 1 is 0.854 bits per heavy atom. The maximum absolute atomic E-state index is 13.6. The summed E-state index contributed by atoms with van der Waals surface area (Å²) >= 11 is 0. The number of carbonyl (C=O) groups excluding carboxylic acids is 3. The third-order valence-electron chi connectivity index (χ3n) is 8.52. The summed E-state index contributed by atoms with van der Waals surface area (Å²) in [4.78, 5) is 45.3. The zero-order valence-electron chi connectivity index (χ0n) is 25.7. The second-order valence-corrected chi connectivity index (χ2v) is 11.6. The Hall–Kier alpha value is -6.04. The second-order valence-electron chi connectivity index (χ2n) is 11.6.